The molecule has 1 atom stereocenters. The van der Waals surface area contributed by atoms with Crippen LogP contribution in [0.2, 0.25) is 0 Å². The molecule has 1 N–H and O–H groups in total. The van der Waals surface area contributed by atoms with Gasteiger partial charge in [-0.15, -0.1) is 0 Å². The van der Waals surface area contributed by atoms with Crippen LogP contribution >= 0.6 is 0 Å². The van der Waals surface area contributed by atoms with Gasteiger partial charge in [0.2, 0.25) is 0 Å². The first-order valence-electron chi connectivity index (χ1n) is 7.42. The van der Waals surface area contributed by atoms with Crippen LogP contribution in [0.4, 0.5) is 0 Å². The van der Waals surface area contributed by atoms with Crippen LogP contribution in [0.3, 0.4) is 0 Å². The summed E-state index contributed by atoms with van der Waals surface area (Å²) < 4.78 is 0. The largest absolute Gasteiger partial charge is 0.306 e. The van der Waals surface area contributed by atoms with Crippen LogP contribution < -0.4 is 0 Å². The van der Waals surface area contributed by atoms with Crippen molar-refractivity contribution in [2.45, 2.75) is 39.5 Å². The van der Waals surface area contributed by atoms with Crippen LogP contribution in [0.5, 0.6) is 0 Å². The molecule has 0 aliphatic carbocycles. The first-order chi connectivity index (χ1) is 9.79. The Hall–Kier alpha value is -1.55. The van der Waals surface area contributed by atoms with E-state index in [1.165, 1.54) is 6.92 Å². The summed E-state index contributed by atoms with van der Waals surface area (Å²) in [6, 6.07) is 0. The lowest BCUT2D eigenvalue weighted by atomic mass is 9.91. The van der Waals surface area contributed by atoms with Crippen LogP contribution in [0.1, 0.15) is 39.5 Å². The molecular formula is C17H28N2O2. The molecule has 0 amide bonds. The van der Waals surface area contributed by atoms with E-state index >= 15 is 0 Å². The second-order valence-electron chi connectivity index (χ2n) is 5.60. The fourth-order valence-corrected chi connectivity index (χ4v) is 2.01. The van der Waals surface area contributed by atoms with E-state index in [1.54, 1.807) is 6.08 Å². The molecule has 0 aliphatic heterocycles. The Labute approximate surface area is 128 Å². The summed E-state index contributed by atoms with van der Waals surface area (Å²) in [6.45, 7) is 7.96. The van der Waals surface area contributed by atoms with Gasteiger partial charge in [0.15, 0.2) is 11.6 Å². The lowest BCUT2D eigenvalue weighted by Crippen LogP contribution is -2.20. The molecule has 0 rings (SSSR count). The summed E-state index contributed by atoms with van der Waals surface area (Å²) in [5, 5.41) is 7.75. The van der Waals surface area contributed by atoms with Crippen molar-refractivity contribution < 1.29 is 9.59 Å². The lowest BCUT2D eigenvalue weighted by Gasteiger charge is -2.14. The van der Waals surface area contributed by atoms with Gasteiger partial charge in [-0.25, -0.2) is 0 Å². The molecule has 4 nitrogen and oxygen atoms in total. The maximum atomic E-state index is 11.8. The molecule has 0 unspecified atom stereocenters. The number of Topliss-reactive ketones (excluding diaryl/α,β-unsaturated/α-hetero) is 1. The standard InChI is InChI=1S/C17H28N2O2/c1-6-15(17(18)14(3)20)10-7-9-13(2)16(21)11-8-12-19(4)5/h8,11,15,18H,2,6-7,9-10,12H2,1,3-5H3/b11-8+,18-17?/t15-/m1/s1. The van der Waals surface area contributed by atoms with Crippen molar-refractivity contribution in [1.82, 2.24) is 4.90 Å². The van der Waals surface area contributed by atoms with E-state index in [0.29, 0.717) is 12.0 Å². The van der Waals surface area contributed by atoms with E-state index in [1.807, 2.05) is 32.0 Å². The Kier molecular flexibility index (Phi) is 9.46. The van der Waals surface area contributed by atoms with Crippen molar-refractivity contribution >= 4 is 17.3 Å². The predicted octanol–water partition coefficient (Wildman–Crippen LogP) is 3.03. The lowest BCUT2D eigenvalue weighted by molar-refractivity contribution is -0.112. The van der Waals surface area contributed by atoms with Gasteiger partial charge < -0.3 is 10.3 Å². The highest BCUT2D eigenvalue weighted by molar-refractivity contribution is 6.38. The molecule has 0 fully saturated rings. The van der Waals surface area contributed by atoms with Crippen molar-refractivity contribution in [3.63, 3.8) is 0 Å². The zero-order valence-electron chi connectivity index (χ0n) is 13.7. The number of hydrogen-bond acceptors (Lipinski definition) is 4. The second kappa shape index (κ2) is 10.2. The maximum absolute atomic E-state index is 11.8. The molecule has 0 bridgehead atoms. The molecule has 0 aromatic carbocycles. The molecule has 4 heteroatoms. The summed E-state index contributed by atoms with van der Waals surface area (Å²) in [4.78, 5) is 25.0. The summed E-state index contributed by atoms with van der Waals surface area (Å²) in [5.74, 6) is -0.204. The molecular weight excluding hydrogens is 264 g/mol. The zero-order valence-corrected chi connectivity index (χ0v) is 13.7. The smallest absolute Gasteiger partial charge is 0.180 e. The topological polar surface area (TPSA) is 61.2 Å². The van der Waals surface area contributed by atoms with E-state index in [0.717, 1.165) is 25.8 Å². The minimum absolute atomic E-state index is 0.00492. The van der Waals surface area contributed by atoms with Crippen LogP contribution in [0, 0.1) is 11.3 Å². The molecule has 0 aliphatic rings. The number of nitrogens with zero attached hydrogens (tertiary/aromatic N) is 1. The van der Waals surface area contributed by atoms with Gasteiger partial charge in [0.05, 0.1) is 5.71 Å². The molecule has 0 radical (unpaired) electrons. The van der Waals surface area contributed by atoms with Gasteiger partial charge in [0.25, 0.3) is 0 Å². The van der Waals surface area contributed by atoms with Gasteiger partial charge in [-0.2, -0.15) is 0 Å². The average molecular weight is 292 g/mol. The summed E-state index contributed by atoms with van der Waals surface area (Å²) in [6.07, 6.45) is 6.32. The number of allylic oxidation sites excluding steroid dienone is 2. The zero-order chi connectivity index (χ0) is 16.4. The van der Waals surface area contributed by atoms with Crippen molar-refractivity contribution in [1.29, 1.82) is 5.41 Å². The second-order valence-corrected chi connectivity index (χ2v) is 5.60. The van der Waals surface area contributed by atoms with E-state index in [9.17, 15) is 9.59 Å². The molecule has 0 spiro atoms. The molecule has 0 saturated heterocycles. The quantitative estimate of drug-likeness (QED) is 0.470. The number of likely N-dealkylation sites (N-methyl/N-ethyl adjacent to an activating group) is 1. The number of rotatable bonds is 11. The molecule has 118 valence electrons. The molecule has 0 heterocycles. The first kappa shape index (κ1) is 19.4. The van der Waals surface area contributed by atoms with Gasteiger partial charge >= 0.3 is 0 Å². The van der Waals surface area contributed by atoms with Gasteiger partial charge in [0.1, 0.15) is 0 Å². The predicted molar refractivity (Wildman–Crippen MR) is 87.9 cm³/mol. The van der Waals surface area contributed by atoms with E-state index in [-0.39, 0.29) is 23.2 Å². The highest BCUT2D eigenvalue weighted by atomic mass is 16.1. The maximum Gasteiger partial charge on any atom is 0.180 e. The number of carbonyl (C=O) groups is 2. The van der Waals surface area contributed by atoms with Crippen LogP contribution in [-0.2, 0) is 9.59 Å². The normalized spacial score (nSPS) is 12.6. The number of carbonyl (C=O) groups excluding carboxylic acids is 2. The average Bonchev–Trinajstić information content (AvgIpc) is 2.41. The van der Waals surface area contributed by atoms with Crippen LogP contribution in [0.25, 0.3) is 0 Å². The highest BCUT2D eigenvalue weighted by Crippen LogP contribution is 2.17. The molecule has 0 aromatic rings. The minimum Gasteiger partial charge on any atom is -0.306 e. The Morgan fingerprint density at radius 2 is 1.95 bits per heavy atom. The Bertz CT molecular complexity index is 423. The fourth-order valence-electron chi connectivity index (χ4n) is 2.01. The number of nitrogens with one attached hydrogen (secondary N) is 1. The monoisotopic (exact) mass is 292 g/mol. The van der Waals surface area contributed by atoms with Gasteiger partial charge in [-0.1, -0.05) is 19.6 Å². The van der Waals surface area contributed by atoms with Gasteiger partial charge in [-0.3, -0.25) is 9.59 Å². The highest BCUT2D eigenvalue weighted by Gasteiger charge is 2.16. The number of ketones is 2. The van der Waals surface area contributed by atoms with Crippen molar-refractivity contribution in [2.75, 3.05) is 20.6 Å². The third-order valence-corrected chi connectivity index (χ3v) is 3.40. The Morgan fingerprint density at radius 1 is 1.33 bits per heavy atom. The van der Waals surface area contributed by atoms with E-state index in [2.05, 4.69) is 6.58 Å². The molecule has 21 heavy (non-hydrogen) atoms. The SMILES string of the molecule is C=C(CCC[C@@H](CC)C(=N)C(C)=O)C(=O)/C=C/CN(C)C. The first-order valence-corrected chi connectivity index (χ1v) is 7.42. The Morgan fingerprint density at radius 3 is 2.43 bits per heavy atom. The number of hydrogen-bond donors (Lipinski definition) is 1. The summed E-state index contributed by atoms with van der Waals surface area (Å²) in [7, 11) is 3.89. The van der Waals surface area contributed by atoms with Crippen LogP contribution in [0.15, 0.2) is 24.3 Å². The third kappa shape index (κ3) is 8.35. The summed E-state index contributed by atoms with van der Waals surface area (Å²) in [5.41, 5.74) is 0.787. The van der Waals surface area contributed by atoms with Crippen LogP contribution in [-0.4, -0.2) is 42.8 Å². The fraction of sp³-hybridized carbons (Fsp3) is 0.588. The van der Waals surface area contributed by atoms with Crippen molar-refractivity contribution in [3.8, 4) is 0 Å². The van der Waals surface area contributed by atoms with Gasteiger partial charge in [0, 0.05) is 19.4 Å². The minimum atomic E-state index is -0.164. The Balaban J connectivity index is 4.18. The van der Waals surface area contributed by atoms with E-state index < -0.39 is 0 Å². The molecule has 0 saturated carbocycles. The summed E-state index contributed by atoms with van der Waals surface area (Å²) >= 11 is 0. The van der Waals surface area contributed by atoms with Crippen molar-refractivity contribution in [3.05, 3.63) is 24.3 Å². The molecule has 0 aromatic heterocycles. The van der Waals surface area contributed by atoms with E-state index in [4.69, 9.17) is 5.41 Å². The third-order valence-electron chi connectivity index (χ3n) is 3.40. The van der Waals surface area contributed by atoms with Crippen molar-refractivity contribution in [2.24, 2.45) is 5.92 Å². The van der Waals surface area contributed by atoms with Gasteiger partial charge in [-0.05, 0) is 51.4 Å².